The van der Waals surface area contributed by atoms with Crippen molar-refractivity contribution in [1.29, 1.82) is 0 Å². The summed E-state index contributed by atoms with van der Waals surface area (Å²) < 4.78 is 32.8. The van der Waals surface area contributed by atoms with Crippen molar-refractivity contribution in [3.8, 4) is 5.75 Å². The number of ether oxygens (including phenoxy) is 1. The number of aliphatic carboxylic acids is 1. The van der Waals surface area contributed by atoms with Gasteiger partial charge < -0.3 is 9.84 Å². The molecule has 0 amide bonds. The maximum absolute atomic E-state index is 13.1. The van der Waals surface area contributed by atoms with E-state index in [0.717, 1.165) is 28.3 Å². The normalized spacial score (nSPS) is 17.3. The Balaban J connectivity index is 1.87. The summed E-state index contributed by atoms with van der Waals surface area (Å²) in [5, 5.41) is 9.58. The molecule has 6 nitrogen and oxygen atoms in total. The lowest BCUT2D eigenvalue weighted by Gasteiger charge is -2.33. The first kappa shape index (κ1) is 19.4. The van der Waals surface area contributed by atoms with Gasteiger partial charge in [-0.15, -0.1) is 0 Å². The topological polar surface area (TPSA) is 83.9 Å². The van der Waals surface area contributed by atoms with Crippen molar-refractivity contribution in [2.45, 2.75) is 43.7 Å². The molecule has 1 aliphatic heterocycles. The van der Waals surface area contributed by atoms with E-state index in [4.69, 9.17) is 4.74 Å². The van der Waals surface area contributed by atoms with Gasteiger partial charge in [0.2, 0.25) is 10.0 Å². The van der Waals surface area contributed by atoms with Gasteiger partial charge in [-0.2, -0.15) is 4.31 Å². The number of carboxylic acid groups (broad SMARTS) is 1. The molecular weight excluding hydrogens is 366 g/mol. The van der Waals surface area contributed by atoms with Gasteiger partial charge in [0.15, 0.2) is 0 Å². The van der Waals surface area contributed by atoms with Crippen LogP contribution in [0, 0.1) is 0 Å². The minimum atomic E-state index is -3.94. The van der Waals surface area contributed by atoms with Crippen LogP contribution in [0.1, 0.15) is 30.9 Å². The maximum atomic E-state index is 13.1. The van der Waals surface area contributed by atoms with Crippen molar-refractivity contribution in [3.63, 3.8) is 0 Å². The average molecular weight is 389 g/mol. The molecule has 7 heteroatoms. The van der Waals surface area contributed by atoms with Crippen molar-refractivity contribution >= 4 is 16.0 Å². The molecule has 2 aromatic rings. The summed E-state index contributed by atoms with van der Waals surface area (Å²) in [4.78, 5) is 11.8. The van der Waals surface area contributed by atoms with Crippen LogP contribution in [0.25, 0.3) is 0 Å². The highest BCUT2D eigenvalue weighted by Crippen LogP contribution is 2.30. The minimum absolute atomic E-state index is 0.0459. The smallest absolute Gasteiger partial charge is 0.322 e. The molecule has 0 fully saturated rings. The molecule has 2 aromatic carbocycles. The quantitative estimate of drug-likeness (QED) is 0.736. The Morgan fingerprint density at radius 3 is 2.44 bits per heavy atom. The number of benzene rings is 2. The Morgan fingerprint density at radius 2 is 1.81 bits per heavy atom. The molecule has 0 radical (unpaired) electrons. The van der Waals surface area contributed by atoms with E-state index in [-0.39, 0.29) is 17.9 Å². The number of rotatable bonds is 7. The number of nitrogens with zero attached hydrogens (tertiary/aromatic N) is 1. The highest BCUT2D eigenvalue weighted by molar-refractivity contribution is 7.89. The van der Waals surface area contributed by atoms with Crippen LogP contribution in [0.3, 0.4) is 0 Å². The van der Waals surface area contributed by atoms with E-state index in [9.17, 15) is 18.3 Å². The van der Waals surface area contributed by atoms with Crippen molar-refractivity contribution < 1.29 is 23.1 Å². The van der Waals surface area contributed by atoms with Crippen LogP contribution in [-0.4, -0.2) is 36.4 Å². The van der Waals surface area contributed by atoms with Gasteiger partial charge in [0.25, 0.3) is 0 Å². The van der Waals surface area contributed by atoms with Gasteiger partial charge in [-0.05, 0) is 41.8 Å². The third-order valence-corrected chi connectivity index (χ3v) is 6.56. The zero-order valence-corrected chi connectivity index (χ0v) is 16.0. The molecule has 144 valence electrons. The monoisotopic (exact) mass is 389 g/mol. The summed E-state index contributed by atoms with van der Waals surface area (Å²) in [6.07, 6.45) is 2.09. The fraction of sp³-hybridized carbons (Fsp3) is 0.350. The van der Waals surface area contributed by atoms with E-state index < -0.39 is 22.0 Å². The van der Waals surface area contributed by atoms with Gasteiger partial charge in [-0.1, -0.05) is 37.6 Å². The van der Waals surface area contributed by atoms with Crippen molar-refractivity contribution in [1.82, 2.24) is 4.31 Å². The maximum Gasteiger partial charge on any atom is 0.322 e. The summed E-state index contributed by atoms with van der Waals surface area (Å²) in [7, 11) is -3.94. The van der Waals surface area contributed by atoms with E-state index in [1.54, 1.807) is 12.1 Å². The first-order chi connectivity index (χ1) is 12.9. The zero-order valence-electron chi connectivity index (χ0n) is 15.2. The molecule has 0 unspecified atom stereocenters. The molecule has 0 aliphatic carbocycles. The van der Waals surface area contributed by atoms with E-state index in [0.29, 0.717) is 12.4 Å². The summed E-state index contributed by atoms with van der Waals surface area (Å²) in [5.74, 6) is -0.547. The number of sulfonamides is 1. The van der Waals surface area contributed by atoms with Crippen molar-refractivity contribution in [3.05, 3.63) is 59.7 Å². The Kier molecular flexibility index (Phi) is 5.82. The molecule has 1 aliphatic rings. The van der Waals surface area contributed by atoms with Crippen molar-refractivity contribution in [2.75, 3.05) is 6.61 Å². The molecule has 0 spiro atoms. The second-order valence-corrected chi connectivity index (χ2v) is 8.44. The van der Waals surface area contributed by atoms with E-state index in [2.05, 4.69) is 6.92 Å². The molecular formula is C20H23NO5S. The van der Waals surface area contributed by atoms with Crippen LogP contribution < -0.4 is 4.74 Å². The second kappa shape index (κ2) is 8.10. The molecule has 0 aromatic heterocycles. The summed E-state index contributed by atoms with van der Waals surface area (Å²) in [5.41, 5.74) is 1.70. The highest BCUT2D eigenvalue weighted by Gasteiger charge is 2.39. The Hall–Kier alpha value is -2.38. The van der Waals surface area contributed by atoms with Gasteiger partial charge in [-0.3, -0.25) is 4.79 Å². The zero-order chi connectivity index (χ0) is 19.4. The Morgan fingerprint density at radius 1 is 1.15 bits per heavy atom. The van der Waals surface area contributed by atoms with Gasteiger partial charge in [-0.25, -0.2) is 8.42 Å². The van der Waals surface area contributed by atoms with Crippen LogP contribution >= 0.6 is 0 Å². The van der Waals surface area contributed by atoms with Crippen LogP contribution in [0.15, 0.2) is 53.4 Å². The van der Waals surface area contributed by atoms with Crippen molar-refractivity contribution in [2.24, 2.45) is 0 Å². The van der Waals surface area contributed by atoms with Crippen LogP contribution in [0.4, 0.5) is 0 Å². The summed E-state index contributed by atoms with van der Waals surface area (Å²) >= 11 is 0. The van der Waals surface area contributed by atoms with Crippen LogP contribution in [0.2, 0.25) is 0 Å². The number of hydrogen-bond donors (Lipinski definition) is 1. The number of carbonyl (C=O) groups is 1. The molecule has 0 saturated heterocycles. The standard InChI is InChI=1S/C20H23NO5S/c1-2-3-12-26-17-8-10-18(11-9-17)27(24,25)21-14-16-7-5-4-6-15(16)13-19(21)20(22)23/h4-11,19H,2-3,12-14H2,1H3,(H,22,23)/t19-/m1/s1. The number of hydrogen-bond acceptors (Lipinski definition) is 4. The molecule has 3 rings (SSSR count). The summed E-state index contributed by atoms with van der Waals surface area (Å²) in [6, 6.07) is 12.4. The molecule has 0 saturated carbocycles. The van der Waals surface area contributed by atoms with Gasteiger partial charge in [0.1, 0.15) is 11.8 Å². The lowest BCUT2D eigenvalue weighted by atomic mass is 9.96. The molecule has 1 atom stereocenters. The Bertz CT molecular complexity index is 908. The molecule has 0 bridgehead atoms. The minimum Gasteiger partial charge on any atom is -0.494 e. The SMILES string of the molecule is CCCCOc1ccc(S(=O)(=O)N2Cc3ccccc3C[C@@H]2C(=O)O)cc1. The number of unbranched alkanes of at least 4 members (excludes halogenated alkanes) is 1. The third kappa shape index (κ3) is 4.14. The van der Waals surface area contributed by atoms with Gasteiger partial charge >= 0.3 is 5.97 Å². The fourth-order valence-corrected chi connectivity index (χ4v) is 4.70. The lowest BCUT2D eigenvalue weighted by molar-refractivity contribution is -0.141. The average Bonchev–Trinajstić information content (AvgIpc) is 2.67. The van der Waals surface area contributed by atoms with E-state index in [1.165, 1.54) is 12.1 Å². The lowest BCUT2D eigenvalue weighted by Crippen LogP contribution is -2.48. The molecule has 1 N–H and O–H groups in total. The summed E-state index contributed by atoms with van der Waals surface area (Å²) in [6.45, 7) is 2.69. The predicted octanol–water partition coefficient (Wildman–Crippen LogP) is 3.07. The van der Waals surface area contributed by atoms with E-state index in [1.807, 2.05) is 24.3 Å². The number of carboxylic acids is 1. The first-order valence-corrected chi connectivity index (χ1v) is 10.4. The molecule has 27 heavy (non-hydrogen) atoms. The largest absolute Gasteiger partial charge is 0.494 e. The predicted molar refractivity (Wildman–Crippen MR) is 101 cm³/mol. The highest BCUT2D eigenvalue weighted by atomic mass is 32.2. The first-order valence-electron chi connectivity index (χ1n) is 8.97. The van der Waals surface area contributed by atoms with Gasteiger partial charge in [0.05, 0.1) is 11.5 Å². The van der Waals surface area contributed by atoms with Crippen LogP contribution in [-0.2, 0) is 27.8 Å². The second-order valence-electron chi connectivity index (χ2n) is 6.55. The van der Waals surface area contributed by atoms with E-state index >= 15 is 0 Å². The number of fused-ring (bicyclic) bond motifs is 1. The van der Waals surface area contributed by atoms with Gasteiger partial charge in [0, 0.05) is 13.0 Å². The van der Waals surface area contributed by atoms with Crippen LogP contribution in [0.5, 0.6) is 5.75 Å². The third-order valence-electron chi connectivity index (χ3n) is 4.69. The molecule has 1 heterocycles. The Labute approximate surface area is 159 Å². The fourth-order valence-electron chi connectivity index (χ4n) is 3.14.